The van der Waals surface area contributed by atoms with Crippen LogP contribution in [0.1, 0.15) is 42.5 Å². The van der Waals surface area contributed by atoms with Crippen molar-refractivity contribution in [3.05, 3.63) is 94.0 Å². The van der Waals surface area contributed by atoms with Crippen LogP contribution in [0, 0.1) is 0 Å². The molecule has 1 fully saturated rings. The van der Waals surface area contributed by atoms with Crippen LogP contribution in [0.2, 0.25) is 5.02 Å². The number of halogens is 1. The first kappa shape index (κ1) is 30.0. The Balaban J connectivity index is 1.37. The third-order valence-electron chi connectivity index (χ3n) is 7.13. The van der Waals surface area contributed by atoms with Crippen LogP contribution in [-0.2, 0) is 15.3 Å². The zero-order valence-electron chi connectivity index (χ0n) is 23.7. The van der Waals surface area contributed by atoms with E-state index >= 15 is 0 Å². The summed E-state index contributed by atoms with van der Waals surface area (Å²) in [5.74, 6) is 0.250. The summed E-state index contributed by atoms with van der Waals surface area (Å²) in [6.07, 6.45) is 1.93. The average molecular weight is 650 g/mol. The number of amides is 1. The van der Waals surface area contributed by atoms with Gasteiger partial charge in [0.15, 0.2) is 15.8 Å². The van der Waals surface area contributed by atoms with Crippen molar-refractivity contribution >= 4 is 57.3 Å². The number of carbonyl (C=O) groups is 2. The monoisotopic (exact) mass is 649 g/mol. The minimum absolute atomic E-state index is 0.0631. The molecular formula is C32H28ClN3O6S2. The second-order valence-electron chi connectivity index (χ2n) is 10.0. The van der Waals surface area contributed by atoms with E-state index in [1.54, 1.807) is 42.5 Å². The molecule has 2 aliphatic rings. The number of benzene rings is 3. The Labute approximate surface area is 267 Å². The van der Waals surface area contributed by atoms with Crippen molar-refractivity contribution in [3.63, 3.8) is 0 Å². The van der Waals surface area contributed by atoms with Gasteiger partial charge in [-0.25, -0.2) is 0 Å². The standard InChI is InChI=1S/C32H28ClN3O6S2/c1-2-3-14-40-22-11-8-19(9-12-22)27-26(28(37)20-10-13-24-25(17-20)42-16-15-41-24)29(38)30(39)36(27)31-34-35-32(44-31)43-18-21-6-4-5-7-23(21)33/h4-13,17,27,37H,2-3,14-16,18H2,1H3/b28-26+. The number of nitrogens with zero attached hydrogens (tertiary/aromatic N) is 3. The van der Waals surface area contributed by atoms with Gasteiger partial charge in [-0.2, -0.15) is 0 Å². The lowest BCUT2D eigenvalue weighted by Gasteiger charge is -2.23. The van der Waals surface area contributed by atoms with Crippen LogP contribution in [-0.4, -0.2) is 46.8 Å². The molecule has 1 aromatic heterocycles. The van der Waals surface area contributed by atoms with Crippen molar-refractivity contribution in [1.29, 1.82) is 0 Å². The molecule has 9 nitrogen and oxygen atoms in total. The van der Waals surface area contributed by atoms with Gasteiger partial charge in [-0.05, 0) is 53.9 Å². The summed E-state index contributed by atoms with van der Waals surface area (Å²) in [4.78, 5) is 28.5. The van der Waals surface area contributed by atoms with Gasteiger partial charge in [0.1, 0.15) is 24.7 Å². The summed E-state index contributed by atoms with van der Waals surface area (Å²) in [6.45, 7) is 3.45. The molecule has 2 aliphatic heterocycles. The molecule has 44 heavy (non-hydrogen) atoms. The number of ether oxygens (including phenoxy) is 3. The minimum Gasteiger partial charge on any atom is -0.507 e. The fraction of sp³-hybridized carbons (Fsp3) is 0.250. The molecule has 0 spiro atoms. The van der Waals surface area contributed by atoms with Crippen LogP contribution in [0.25, 0.3) is 5.76 Å². The maximum absolute atomic E-state index is 13.6. The molecule has 3 aromatic carbocycles. The van der Waals surface area contributed by atoms with Crippen LogP contribution in [0.4, 0.5) is 5.13 Å². The van der Waals surface area contributed by atoms with Gasteiger partial charge in [-0.15, -0.1) is 10.2 Å². The number of anilines is 1. The Kier molecular flexibility index (Phi) is 9.06. The summed E-state index contributed by atoms with van der Waals surface area (Å²) >= 11 is 8.93. The van der Waals surface area contributed by atoms with E-state index in [9.17, 15) is 14.7 Å². The Hall–Kier alpha value is -4.06. The van der Waals surface area contributed by atoms with E-state index in [2.05, 4.69) is 17.1 Å². The third kappa shape index (κ3) is 6.12. The van der Waals surface area contributed by atoms with Gasteiger partial charge in [0, 0.05) is 16.3 Å². The van der Waals surface area contributed by atoms with E-state index in [1.165, 1.54) is 28.0 Å². The van der Waals surface area contributed by atoms with Crippen molar-refractivity contribution in [1.82, 2.24) is 10.2 Å². The first-order chi connectivity index (χ1) is 21.4. The first-order valence-corrected chi connectivity index (χ1v) is 16.3. The van der Waals surface area contributed by atoms with Crippen molar-refractivity contribution < 1.29 is 28.9 Å². The molecule has 0 bridgehead atoms. The highest BCUT2D eigenvalue weighted by Gasteiger charge is 2.48. The van der Waals surface area contributed by atoms with Crippen LogP contribution >= 0.6 is 34.7 Å². The number of hydrogen-bond acceptors (Lipinski definition) is 10. The summed E-state index contributed by atoms with van der Waals surface area (Å²) in [5, 5.41) is 21.0. The van der Waals surface area contributed by atoms with Gasteiger partial charge in [0.25, 0.3) is 5.78 Å². The molecule has 1 atom stereocenters. The fourth-order valence-electron chi connectivity index (χ4n) is 4.89. The van der Waals surface area contributed by atoms with Gasteiger partial charge < -0.3 is 19.3 Å². The van der Waals surface area contributed by atoms with E-state index < -0.39 is 17.7 Å². The normalized spacial score (nSPS) is 17.2. The number of unbranched alkanes of at least 4 members (excludes halogenated alkanes) is 1. The molecule has 226 valence electrons. The molecule has 3 heterocycles. The third-order valence-corrected chi connectivity index (χ3v) is 9.61. The number of fused-ring (bicyclic) bond motifs is 1. The fourth-order valence-corrected chi connectivity index (χ4v) is 7.04. The summed E-state index contributed by atoms with van der Waals surface area (Å²) < 4.78 is 17.7. The van der Waals surface area contributed by atoms with Crippen molar-refractivity contribution in [2.75, 3.05) is 24.7 Å². The molecular weight excluding hydrogens is 622 g/mol. The highest BCUT2D eigenvalue weighted by molar-refractivity contribution is 8.00. The number of hydrogen-bond donors (Lipinski definition) is 1. The van der Waals surface area contributed by atoms with Gasteiger partial charge in [0.2, 0.25) is 5.13 Å². The molecule has 0 radical (unpaired) electrons. The van der Waals surface area contributed by atoms with Crippen molar-refractivity contribution in [2.45, 2.75) is 35.9 Å². The predicted octanol–water partition coefficient (Wildman–Crippen LogP) is 7.06. The van der Waals surface area contributed by atoms with Crippen LogP contribution in [0.3, 0.4) is 0 Å². The van der Waals surface area contributed by atoms with Gasteiger partial charge in [-0.1, -0.05) is 78.4 Å². The quantitative estimate of drug-likeness (QED) is 0.0482. The lowest BCUT2D eigenvalue weighted by atomic mass is 9.95. The summed E-state index contributed by atoms with van der Waals surface area (Å²) in [7, 11) is 0. The van der Waals surface area contributed by atoms with Crippen molar-refractivity contribution in [3.8, 4) is 17.2 Å². The maximum Gasteiger partial charge on any atom is 0.301 e. The molecule has 1 N–H and O–H groups in total. The number of rotatable bonds is 10. The van der Waals surface area contributed by atoms with Gasteiger partial charge in [0.05, 0.1) is 18.2 Å². The van der Waals surface area contributed by atoms with Gasteiger partial charge in [-0.3, -0.25) is 14.5 Å². The highest BCUT2D eigenvalue weighted by Crippen LogP contribution is 2.45. The van der Waals surface area contributed by atoms with Crippen LogP contribution < -0.4 is 19.1 Å². The van der Waals surface area contributed by atoms with E-state index in [0.29, 0.717) is 63.3 Å². The number of aliphatic hydroxyl groups excluding tert-OH is 1. The topological polar surface area (TPSA) is 111 Å². The number of Topliss-reactive ketones (excluding diaryl/α,β-unsaturated/α-hetero) is 1. The van der Waals surface area contributed by atoms with E-state index in [-0.39, 0.29) is 16.5 Å². The zero-order valence-corrected chi connectivity index (χ0v) is 26.1. The number of ketones is 1. The molecule has 1 unspecified atom stereocenters. The Bertz CT molecular complexity index is 1730. The number of thioether (sulfide) groups is 1. The van der Waals surface area contributed by atoms with E-state index in [0.717, 1.165) is 18.4 Å². The molecule has 1 amide bonds. The molecule has 12 heteroatoms. The van der Waals surface area contributed by atoms with Crippen LogP contribution in [0.15, 0.2) is 76.6 Å². The SMILES string of the molecule is CCCCOc1ccc(C2/C(=C(\O)c3ccc4c(c3)OCCO4)C(=O)C(=O)N2c2nnc(SCc3ccccc3Cl)s2)cc1. The highest BCUT2D eigenvalue weighted by atomic mass is 35.5. The Morgan fingerprint density at radius 2 is 1.84 bits per heavy atom. The average Bonchev–Trinajstić information content (AvgIpc) is 3.62. The molecule has 1 saturated heterocycles. The molecule has 4 aromatic rings. The van der Waals surface area contributed by atoms with E-state index in [1.807, 2.05) is 24.3 Å². The van der Waals surface area contributed by atoms with Gasteiger partial charge >= 0.3 is 5.91 Å². The molecule has 0 saturated carbocycles. The minimum atomic E-state index is -0.956. The zero-order chi connectivity index (χ0) is 30.6. The summed E-state index contributed by atoms with van der Waals surface area (Å²) in [6, 6.07) is 18.6. The van der Waals surface area contributed by atoms with Crippen molar-refractivity contribution in [2.24, 2.45) is 0 Å². The lowest BCUT2D eigenvalue weighted by molar-refractivity contribution is -0.132. The number of aliphatic hydroxyl groups is 1. The maximum atomic E-state index is 13.6. The number of carbonyl (C=O) groups excluding carboxylic acids is 2. The molecule has 6 rings (SSSR count). The van der Waals surface area contributed by atoms with E-state index in [4.69, 9.17) is 25.8 Å². The first-order valence-electron chi connectivity index (χ1n) is 14.1. The predicted molar refractivity (Wildman–Crippen MR) is 170 cm³/mol. The Morgan fingerprint density at radius 3 is 2.61 bits per heavy atom. The number of aromatic nitrogens is 2. The van der Waals surface area contributed by atoms with Crippen LogP contribution in [0.5, 0.6) is 17.2 Å². The second kappa shape index (κ2) is 13.3. The lowest BCUT2D eigenvalue weighted by Crippen LogP contribution is -2.29. The Morgan fingerprint density at radius 1 is 1.07 bits per heavy atom. The molecule has 0 aliphatic carbocycles. The largest absolute Gasteiger partial charge is 0.507 e. The smallest absolute Gasteiger partial charge is 0.301 e. The summed E-state index contributed by atoms with van der Waals surface area (Å²) in [5.41, 5.74) is 1.81. The second-order valence-corrected chi connectivity index (χ2v) is 12.6.